The average molecular weight is 424 g/mol. The second-order valence-corrected chi connectivity index (χ2v) is 9.29. The van der Waals surface area contributed by atoms with Crippen LogP contribution in [-0.2, 0) is 31.8 Å². The van der Waals surface area contributed by atoms with Gasteiger partial charge in [0.1, 0.15) is 17.8 Å². The van der Waals surface area contributed by atoms with Gasteiger partial charge in [0.05, 0.1) is 13.6 Å². The van der Waals surface area contributed by atoms with Gasteiger partial charge in [-0.2, -0.15) is 0 Å². The molecule has 164 valence electrons. The van der Waals surface area contributed by atoms with Crippen LogP contribution in [0.4, 0.5) is 0 Å². The van der Waals surface area contributed by atoms with E-state index in [1.165, 1.54) is 39.2 Å². The van der Waals surface area contributed by atoms with E-state index in [2.05, 4.69) is 129 Å². The van der Waals surface area contributed by atoms with Crippen LogP contribution in [0.2, 0.25) is 0 Å². The third kappa shape index (κ3) is 4.41. The Morgan fingerprint density at radius 1 is 0.688 bits per heavy atom. The van der Waals surface area contributed by atoms with Gasteiger partial charge in [-0.05, 0) is 57.2 Å². The highest BCUT2D eigenvalue weighted by Crippen LogP contribution is 2.38. The number of aromatic nitrogens is 2. The van der Waals surface area contributed by atoms with Crippen molar-refractivity contribution in [3.8, 4) is 0 Å². The SMILES string of the molecule is CCn1cc[n+](C)c1C(Cc1ccc(C)cc1)(Cc1ccc(C)cc1)c1ccc(C)cc1. The average Bonchev–Trinajstić information content (AvgIpc) is 3.18. The molecule has 0 aliphatic carbocycles. The fraction of sp³-hybridized carbons (Fsp3) is 0.300. The van der Waals surface area contributed by atoms with Gasteiger partial charge >= 0.3 is 0 Å². The molecule has 0 saturated carbocycles. The monoisotopic (exact) mass is 423 g/mol. The molecule has 3 aromatic carbocycles. The summed E-state index contributed by atoms with van der Waals surface area (Å²) < 4.78 is 4.74. The van der Waals surface area contributed by atoms with Crippen molar-refractivity contribution in [2.45, 2.75) is 52.5 Å². The van der Waals surface area contributed by atoms with Crippen molar-refractivity contribution < 1.29 is 4.57 Å². The highest BCUT2D eigenvalue weighted by molar-refractivity contribution is 5.40. The normalized spacial score (nSPS) is 11.7. The maximum absolute atomic E-state index is 2.42. The molecule has 0 spiro atoms. The summed E-state index contributed by atoms with van der Waals surface area (Å²) in [6.45, 7) is 9.67. The van der Waals surface area contributed by atoms with Crippen LogP contribution in [0.15, 0.2) is 85.2 Å². The summed E-state index contributed by atoms with van der Waals surface area (Å²) in [5.74, 6) is 1.35. The Morgan fingerprint density at radius 2 is 1.12 bits per heavy atom. The summed E-state index contributed by atoms with van der Waals surface area (Å²) in [5, 5.41) is 0. The van der Waals surface area contributed by atoms with Gasteiger partial charge in [0, 0.05) is 0 Å². The number of rotatable bonds is 7. The first-order chi connectivity index (χ1) is 15.4. The fourth-order valence-corrected chi connectivity index (χ4v) is 4.93. The van der Waals surface area contributed by atoms with E-state index in [-0.39, 0.29) is 5.41 Å². The topological polar surface area (TPSA) is 8.81 Å². The Kier molecular flexibility index (Phi) is 6.32. The van der Waals surface area contributed by atoms with Crippen molar-refractivity contribution >= 4 is 0 Å². The molecule has 2 nitrogen and oxygen atoms in total. The minimum atomic E-state index is -0.188. The quantitative estimate of drug-likeness (QED) is 0.321. The van der Waals surface area contributed by atoms with Gasteiger partial charge in [0.15, 0.2) is 0 Å². The standard InChI is InChI=1S/C30H35N2/c1-6-32-20-19-31(5)29(32)30(28-17-11-25(4)12-18-28,21-26-13-7-23(2)8-14-26)22-27-15-9-24(3)10-16-27/h7-20H,6,21-22H2,1-5H3/q+1. The zero-order chi connectivity index (χ0) is 22.7. The molecule has 0 amide bonds. The first-order valence-corrected chi connectivity index (χ1v) is 11.6. The van der Waals surface area contributed by atoms with Crippen LogP contribution >= 0.6 is 0 Å². The minimum absolute atomic E-state index is 0.188. The molecule has 0 bridgehead atoms. The lowest BCUT2D eigenvalue weighted by Crippen LogP contribution is -2.47. The van der Waals surface area contributed by atoms with E-state index in [1.807, 2.05) is 0 Å². The van der Waals surface area contributed by atoms with Crippen LogP contribution in [0.25, 0.3) is 0 Å². The predicted octanol–water partition coefficient (Wildman–Crippen LogP) is 6.03. The number of hydrogen-bond acceptors (Lipinski definition) is 0. The van der Waals surface area contributed by atoms with E-state index in [0.29, 0.717) is 0 Å². The third-order valence-electron chi connectivity index (χ3n) is 6.70. The lowest BCUT2D eigenvalue weighted by atomic mass is 9.70. The highest BCUT2D eigenvalue weighted by Gasteiger charge is 2.44. The van der Waals surface area contributed by atoms with Gasteiger partial charge in [-0.1, -0.05) is 89.5 Å². The predicted molar refractivity (Wildman–Crippen MR) is 133 cm³/mol. The highest BCUT2D eigenvalue weighted by atomic mass is 15.1. The fourth-order valence-electron chi connectivity index (χ4n) is 4.93. The zero-order valence-corrected chi connectivity index (χ0v) is 20.1. The molecule has 0 saturated heterocycles. The Bertz CT molecular complexity index is 1120. The summed E-state index contributed by atoms with van der Waals surface area (Å²) in [4.78, 5) is 0. The van der Waals surface area contributed by atoms with Crippen LogP contribution in [0.3, 0.4) is 0 Å². The summed E-state index contributed by atoms with van der Waals surface area (Å²) in [5.41, 5.74) is 7.81. The molecular weight excluding hydrogens is 388 g/mol. The number of benzene rings is 3. The van der Waals surface area contributed by atoms with Crippen LogP contribution in [-0.4, -0.2) is 4.57 Å². The maximum atomic E-state index is 2.42. The van der Waals surface area contributed by atoms with E-state index >= 15 is 0 Å². The minimum Gasteiger partial charge on any atom is -0.236 e. The lowest BCUT2D eigenvalue weighted by Gasteiger charge is -2.33. The van der Waals surface area contributed by atoms with Gasteiger partial charge in [0.2, 0.25) is 0 Å². The third-order valence-corrected chi connectivity index (χ3v) is 6.70. The molecule has 32 heavy (non-hydrogen) atoms. The van der Waals surface area contributed by atoms with Crippen LogP contribution in [0.1, 0.15) is 46.1 Å². The van der Waals surface area contributed by atoms with E-state index in [9.17, 15) is 0 Å². The second kappa shape index (κ2) is 9.16. The van der Waals surface area contributed by atoms with E-state index in [4.69, 9.17) is 0 Å². The van der Waals surface area contributed by atoms with E-state index in [0.717, 1.165) is 19.4 Å². The van der Waals surface area contributed by atoms with Crippen molar-refractivity contribution in [3.05, 3.63) is 124 Å². The summed E-state index contributed by atoms with van der Waals surface area (Å²) in [6.07, 6.45) is 6.32. The smallest absolute Gasteiger partial charge is 0.236 e. The van der Waals surface area contributed by atoms with E-state index < -0.39 is 0 Å². The second-order valence-electron chi connectivity index (χ2n) is 9.29. The summed E-state index contributed by atoms with van der Waals surface area (Å²) in [6, 6.07) is 27.3. The molecule has 0 radical (unpaired) electrons. The van der Waals surface area contributed by atoms with Crippen LogP contribution in [0, 0.1) is 20.8 Å². The summed E-state index contributed by atoms with van der Waals surface area (Å²) in [7, 11) is 2.19. The molecule has 0 aliphatic heterocycles. The van der Waals surface area contributed by atoms with Gasteiger partial charge in [-0.3, -0.25) is 0 Å². The van der Waals surface area contributed by atoms with Gasteiger partial charge < -0.3 is 0 Å². The molecule has 0 fully saturated rings. The molecule has 0 N–H and O–H groups in total. The first-order valence-electron chi connectivity index (χ1n) is 11.6. The molecule has 0 atom stereocenters. The van der Waals surface area contributed by atoms with Crippen LogP contribution in [0.5, 0.6) is 0 Å². The number of imidazole rings is 1. The van der Waals surface area contributed by atoms with Crippen molar-refractivity contribution in [1.82, 2.24) is 4.57 Å². The Labute approximate surface area is 193 Å². The Morgan fingerprint density at radius 3 is 1.56 bits per heavy atom. The van der Waals surface area contributed by atoms with Crippen LogP contribution < -0.4 is 4.57 Å². The summed E-state index contributed by atoms with van der Waals surface area (Å²) >= 11 is 0. The molecule has 1 aromatic heterocycles. The number of aryl methyl sites for hydroxylation is 5. The molecule has 4 aromatic rings. The number of hydrogen-bond donors (Lipinski definition) is 0. The zero-order valence-electron chi connectivity index (χ0n) is 20.1. The van der Waals surface area contributed by atoms with Crippen molar-refractivity contribution in [2.24, 2.45) is 7.05 Å². The molecule has 4 rings (SSSR count). The molecule has 2 heteroatoms. The Hall–Kier alpha value is -3.13. The molecule has 0 aliphatic rings. The molecular formula is C30H35N2+. The Balaban J connectivity index is 1.97. The molecule has 0 unspecified atom stereocenters. The first kappa shape index (κ1) is 22.1. The largest absolute Gasteiger partial charge is 0.267 e. The van der Waals surface area contributed by atoms with Gasteiger partial charge in [-0.25, -0.2) is 9.13 Å². The van der Waals surface area contributed by atoms with Gasteiger partial charge in [-0.15, -0.1) is 0 Å². The van der Waals surface area contributed by atoms with Crippen molar-refractivity contribution in [1.29, 1.82) is 0 Å². The van der Waals surface area contributed by atoms with Crippen molar-refractivity contribution in [2.75, 3.05) is 0 Å². The van der Waals surface area contributed by atoms with E-state index in [1.54, 1.807) is 0 Å². The number of nitrogens with zero attached hydrogens (tertiary/aromatic N) is 2. The van der Waals surface area contributed by atoms with Gasteiger partial charge in [0.25, 0.3) is 5.82 Å². The molecule has 1 heterocycles. The van der Waals surface area contributed by atoms with Crippen molar-refractivity contribution in [3.63, 3.8) is 0 Å². The lowest BCUT2D eigenvalue weighted by molar-refractivity contribution is -0.682. The maximum Gasteiger partial charge on any atom is 0.267 e.